The number of alkyl halides is 2. The molecule has 0 unspecified atom stereocenters. The normalized spacial score (nSPS) is 14.8. The summed E-state index contributed by atoms with van der Waals surface area (Å²) in [6.45, 7) is 2.14. The van der Waals surface area contributed by atoms with Gasteiger partial charge in [0.25, 0.3) is 5.91 Å². The van der Waals surface area contributed by atoms with Crippen molar-refractivity contribution in [2.45, 2.75) is 42.4 Å². The lowest BCUT2D eigenvalue weighted by atomic mass is 9.89. The number of thioether (sulfide) groups is 1. The largest absolute Gasteiger partial charge is 0.433 e. The molecule has 1 fully saturated rings. The molecule has 3 aromatic rings. The maximum atomic E-state index is 13.1. The quantitative estimate of drug-likeness (QED) is 0.377. The Bertz CT molecular complexity index is 1080. The molecular formula is C26H26F2N2O2S. The molecule has 0 aliphatic carbocycles. The van der Waals surface area contributed by atoms with Crippen LogP contribution in [0.25, 0.3) is 0 Å². The number of nitrogens with zero attached hydrogens (tertiary/aromatic N) is 2. The fourth-order valence-electron chi connectivity index (χ4n) is 3.97. The second-order valence-electron chi connectivity index (χ2n) is 8.16. The first-order valence-electron chi connectivity index (χ1n) is 11.0. The standard InChI is InChI=1S/C26H26F2N2O2S/c1-26(27,28)32-22-10-6-11-23(17-22)33-18-21-9-5-12-24(29-21)25(31)30-15-13-20(14-16-30)19-7-3-2-4-8-19/h2-12,17,20H,13-16,18H2,1H3. The third kappa shape index (κ3) is 6.54. The van der Waals surface area contributed by atoms with Gasteiger partial charge in [-0.2, -0.15) is 8.78 Å². The molecule has 4 nitrogen and oxygen atoms in total. The molecule has 1 aliphatic heterocycles. The average molecular weight is 469 g/mol. The number of benzene rings is 2. The fourth-order valence-corrected chi connectivity index (χ4v) is 4.82. The van der Waals surface area contributed by atoms with Crippen LogP contribution in [0.4, 0.5) is 8.78 Å². The van der Waals surface area contributed by atoms with Crippen LogP contribution in [-0.4, -0.2) is 35.0 Å². The van der Waals surface area contributed by atoms with Crippen LogP contribution in [-0.2, 0) is 5.75 Å². The Labute approximate surface area is 197 Å². The Kier molecular flexibility index (Phi) is 7.28. The molecule has 2 heterocycles. The van der Waals surface area contributed by atoms with E-state index in [1.54, 1.807) is 18.2 Å². The molecule has 1 saturated heterocycles. The lowest BCUT2D eigenvalue weighted by Gasteiger charge is -2.32. The molecule has 2 aromatic carbocycles. The number of rotatable bonds is 7. The molecule has 1 aliphatic rings. The highest BCUT2D eigenvalue weighted by atomic mass is 32.2. The maximum absolute atomic E-state index is 13.1. The van der Waals surface area contributed by atoms with Crippen molar-refractivity contribution in [1.29, 1.82) is 0 Å². The van der Waals surface area contributed by atoms with Crippen molar-refractivity contribution >= 4 is 17.7 Å². The summed E-state index contributed by atoms with van der Waals surface area (Å²) in [4.78, 5) is 20.2. The van der Waals surface area contributed by atoms with Crippen LogP contribution >= 0.6 is 11.8 Å². The van der Waals surface area contributed by atoms with Crippen LogP contribution in [0.1, 0.15) is 47.4 Å². The molecule has 0 radical (unpaired) electrons. The van der Waals surface area contributed by atoms with Gasteiger partial charge in [-0.25, -0.2) is 4.98 Å². The number of hydrogen-bond acceptors (Lipinski definition) is 4. The minimum Gasteiger partial charge on any atom is -0.433 e. The first-order chi connectivity index (χ1) is 15.9. The van der Waals surface area contributed by atoms with Gasteiger partial charge in [-0.1, -0.05) is 42.5 Å². The van der Waals surface area contributed by atoms with Gasteiger partial charge in [0.2, 0.25) is 0 Å². The minimum absolute atomic E-state index is 0.0473. The Hall–Kier alpha value is -2.93. The third-order valence-corrected chi connectivity index (χ3v) is 6.60. The molecule has 4 rings (SSSR count). The predicted molar refractivity (Wildman–Crippen MR) is 126 cm³/mol. The number of likely N-dealkylation sites (tertiary alicyclic amines) is 1. The second kappa shape index (κ2) is 10.3. The molecule has 0 bridgehead atoms. The first kappa shape index (κ1) is 23.2. The van der Waals surface area contributed by atoms with Crippen LogP contribution in [0.5, 0.6) is 5.75 Å². The van der Waals surface area contributed by atoms with Gasteiger partial charge >= 0.3 is 6.11 Å². The smallest absolute Gasteiger partial charge is 0.394 e. The Morgan fingerprint density at radius 1 is 1.06 bits per heavy atom. The fraction of sp³-hybridized carbons (Fsp3) is 0.308. The summed E-state index contributed by atoms with van der Waals surface area (Å²) >= 11 is 1.46. The Morgan fingerprint density at radius 3 is 2.52 bits per heavy atom. The molecule has 0 spiro atoms. The van der Waals surface area contributed by atoms with Crippen molar-refractivity contribution in [2.24, 2.45) is 0 Å². The van der Waals surface area contributed by atoms with E-state index in [-0.39, 0.29) is 11.7 Å². The second-order valence-corrected chi connectivity index (χ2v) is 9.21. The van der Waals surface area contributed by atoms with Crippen molar-refractivity contribution in [3.05, 3.63) is 89.7 Å². The average Bonchev–Trinajstić information content (AvgIpc) is 2.82. The zero-order valence-corrected chi connectivity index (χ0v) is 19.2. The van der Waals surface area contributed by atoms with Gasteiger partial charge in [0.1, 0.15) is 11.4 Å². The lowest BCUT2D eigenvalue weighted by Crippen LogP contribution is -2.38. The number of pyridine rings is 1. The van der Waals surface area contributed by atoms with Crippen LogP contribution in [0.2, 0.25) is 0 Å². The van der Waals surface area contributed by atoms with E-state index in [2.05, 4.69) is 34.0 Å². The summed E-state index contributed by atoms with van der Waals surface area (Å²) in [5.41, 5.74) is 2.53. The molecule has 172 valence electrons. The third-order valence-electron chi connectivity index (χ3n) is 5.57. The SMILES string of the molecule is CC(F)(F)Oc1cccc(SCc2cccc(C(=O)N3CCC(c4ccccc4)CC3)n2)c1. The summed E-state index contributed by atoms with van der Waals surface area (Å²) in [5, 5.41) is 0. The van der Waals surface area contributed by atoms with Crippen molar-refractivity contribution in [3.63, 3.8) is 0 Å². The first-order valence-corrected chi connectivity index (χ1v) is 12.0. The highest BCUT2D eigenvalue weighted by molar-refractivity contribution is 7.98. The number of carbonyl (C=O) groups excluding carboxylic acids is 1. The van der Waals surface area contributed by atoms with E-state index in [4.69, 9.17) is 0 Å². The van der Waals surface area contributed by atoms with Crippen LogP contribution in [0, 0.1) is 0 Å². The molecule has 0 N–H and O–H groups in total. The monoisotopic (exact) mass is 468 g/mol. The van der Waals surface area contributed by atoms with Crippen molar-refractivity contribution in [1.82, 2.24) is 9.88 Å². The summed E-state index contributed by atoms with van der Waals surface area (Å²) in [6.07, 6.45) is -1.34. The van der Waals surface area contributed by atoms with Gasteiger partial charge in [0.05, 0.1) is 5.69 Å². The Balaban J connectivity index is 1.34. The van der Waals surface area contributed by atoms with Gasteiger partial charge in [-0.05, 0) is 54.7 Å². The summed E-state index contributed by atoms with van der Waals surface area (Å²) < 4.78 is 30.8. The van der Waals surface area contributed by atoms with E-state index in [1.807, 2.05) is 29.2 Å². The Morgan fingerprint density at radius 2 is 1.79 bits per heavy atom. The summed E-state index contributed by atoms with van der Waals surface area (Å²) in [7, 11) is 0. The van der Waals surface area contributed by atoms with Gasteiger partial charge in [-0.3, -0.25) is 4.79 Å². The van der Waals surface area contributed by atoms with Crippen LogP contribution in [0.15, 0.2) is 77.7 Å². The zero-order chi connectivity index (χ0) is 23.3. The molecular weight excluding hydrogens is 442 g/mol. The maximum Gasteiger partial charge on any atom is 0.394 e. The van der Waals surface area contributed by atoms with Crippen LogP contribution < -0.4 is 4.74 Å². The van der Waals surface area contributed by atoms with Gasteiger partial charge in [0, 0.05) is 30.7 Å². The van der Waals surface area contributed by atoms with E-state index in [9.17, 15) is 13.6 Å². The zero-order valence-electron chi connectivity index (χ0n) is 18.4. The molecule has 1 aromatic heterocycles. The molecule has 0 atom stereocenters. The number of carbonyl (C=O) groups is 1. The summed E-state index contributed by atoms with van der Waals surface area (Å²) in [6, 6.07) is 22.5. The molecule has 7 heteroatoms. The minimum atomic E-state index is -3.23. The highest BCUT2D eigenvalue weighted by Crippen LogP contribution is 2.30. The van der Waals surface area contributed by atoms with Crippen molar-refractivity contribution in [3.8, 4) is 5.75 Å². The van der Waals surface area contributed by atoms with Crippen molar-refractivity contribution in [2.75, 3.05) is 13.1 Å². The summed E-state index contributed by atoms with van der Waals surface area (Å²) in [5.74, 6) is 1.07. The van der Waals surface area contributed by atoms with Crippen LogP contribution in [0.3, 0.4) is 0 Å². The van der Waals surface area contributed by atoms with Gasteiger partial charge in [-0.15, -0.1) is 11.8 Å². The number of halogens is 2. The number of hydrogen-bond donors (Lipinski definition) is 0. The molecule has 33 heavy (non-hydrogen) atoms. The lowest BCUT2D eigenvalue weighted by molar-refractivity contribution is -0.159. The molecule has 1 amide bonds. The predicted octanol–water partition coefficient (Wildman–Crippen LogP) is 6.39. The number of aromatic nitrogens is 1. The van der Waals surface area contributed by atoms with Gasteiger partial charge in [0.15, 0.2) is 0 Å². The van der Waals surface area contributed by atoms with E-state index in [0.717, 1.165) is 23.4 Å². The molecule has 0 saturated carbocycles. The van der Waals surface area contributed by atoms with Gasteiger partial charge < -0.3 is 9.64 Å². The number of piperidine rings is 1. The van der Waals surface area contributed by atoms with E-state index in [0.29, 0.717) is 37.4 Å². The van der Waals surface area contributed by atoms with E-state index < -0.39 is 6.11 Å². The van der Waals surface area contributed by atoms with Crippen molar-refractivity contribution < 1.29 is 18.3 Å². The highest BCUT2D eigenvalue weighted by Gasteiger charge is 2.25. The van der Waals surface area contributed by atoms with E-state index in [1.165, 1.54) is 23.4 Å². The topological polar surface area (TPSA) is 42.4 Å². The number of ether oxygens (including phenoxy) is 1. The number of amides is 1. The van der Waals surface area contributed by atoms with E-state index >= 15 is 0 Å².